The van der Waals surface area contributed by atoms with Gasteiger partial charge >= 0.3 is 163 Å². The fourth-order valence-electron chi connectivity index (χ4n) is 3.54. The quantitative estimate of drug-likeness (QED) is 0.356. The summed E-state index contributed by atoms with van der Waals surface area (Å²) in [6, 6.07) is 0. The number of rotatable bonds is 4. The second kappa shape index (κ2) is 7.50. The van der Waals surface area contributed by atoms with E-state index in [-0.39, 0.29) is 42.8 Å². The molecule has 1 heterocycles. The van der Waals surface area contributed by atoms with Crippen molar-refractivity contribution in [1.29, 1.82) is 0 Å². The molecule has 4 unspecified atom stereocenters. The van der Waals surface area contributed by atoms with Gasteiger partial charge in [0.1, 0.15) is 0 Å². The summed E-state index contributed by atoms with van der Waals surface area (Å²) >= 11 is 0.0946. The Morgan fingerprint density at radius 2 is 0.680 bits per heavy atom. The Morgan fingerprint density at radius 3 is 1.00 bits per heavy atom. The molecule has 0 saturated heterocycles. The van der Waals surface area contributed by atoms with E-state index in [0.29, 0.717) is 0 Å². The molecule has 1 aromatic rings. The first-order valence-electron chi connectivity index (χ1n) is 8.66. The molecule has 4 aliphatic carbocycles. The van der Waals surface area contributed by atoms with Crippen LogP contribution in [0.5, 0.6) is 0 Å². The summed E-state index contributed by atoms with van der Waals surface area (Å²) in [7, 11) is 0. The molecule has 126 valence electrons. The third kappa shape index (κ3) is 3.20. The van der Waals surface area contributed by atoms with E-state index in [1.165, 1.54) is 0 Å². The van der Waals surface area contributed by atoms with E-state index in [1.807, 2.05) is 0 Å². The average Bonchev–Trinajstić information content (AvgIpc) is 3.48. The molecular weight excluding hydrogens is 492 g/mol. The van der Waals surface area contributed by atoms with Gasteiger partial charge < -0.3 is 0 Å². The van der Waals surface area contributed by atoms with Gasteiger partial charge in [0.2, 0.25) is 0 Å². The molecule has 5 heteroatoms. The zero-order valence-electron chi connectivity index (χ0n) is 13.7. The van der Waals surface area contributed by atoms with Crippen molar-refractivity contribution in [3.05, 3.63) is 97.2 Å². The van der Waals surface area contributed by atoms with Crippen LogP contribution in [0.25, 0.3) is 0 Å². The first-order valence-corrected chi connectivity index (χ1v) is 22.5. The minimum absolute atomic E-state index is 0.0946. The standard InChI is InChI=1S/C20H20P4Te/c1-2-10-17(9-1)21-22(18-11-3-4-12-18)24(20-15-7-8-16-20)25-23(21)19-13-5-6-14-19/h1-20H. The Kier molecular flexibility index (Phi) is 5.11. The van der Waals surface area contributed by atoms with Crippen LogP contribution in [-0.4, -0.2) is 19.3 Å². The molecular formula is C20H20P4Te. The van der Waals surface area contributed by atoms with Crippen molar-refractivity contribution in [2.24, 2.45) is 0 Å². The van der Waals surface area contributed by atoms with E-state index in [1.54, 1.807) is 0 Å². The molecule has 5 rings (SSSR count). The molecule has 0 aromatic carbocycles. The summed E-state index contributed by atoms with van der Waals surface area (Å²) in [6.45, 7) is 0.238. The van der Waals surface area contributed by atoms with E-state index >= 15 is 0 Å². The van der Waals surface area contributed by atoms with E-state index in [9.17, 15) is 0 Å². The molecule has 0 radical (unpaired) electrons. The van der Waals surface area contributed by atoms with Crippen LogP contribution in [0.15, 0.2) is 97.2 Å². The predicted octanol–water partition coefficient (Wildman–Crippen LogP) is 8.48. The molecule has 0 fully saturated rings. The summed E-state index contributed by atoms with van der Waals surface area (Å²) < 4.78 is 0. The Morgan fingerprint density at radius 1 is 0.400 bits per heavy atom. The Balaban J connectivity index is 1.74. The van der Waals surface area contributed by atoms with Gasteiger partial charge in [-0.1, -0.05) is 0 Å². The molecule has 0 bridgehead atoms. The van der Waals surface area contributed by atoms with E-state index in [0.717, 1.165) is 22.6 Å². The molecule has 0 spiro atoms. The average molecular weight is 512 g/mol. The summed E-state index contributed by atoms with van der Waals surface area (Å²) in [6.07, 6.45) is 38.7. The predicted molar refractivity (Wildman–Crippen MR) is 121 cm³/mol. The van der Waals surface area contributed by atoms with Gasteiger partial charge in [0, 0.05) is 0 Å². The van der Waals surface area contributed by atoms with Gasteiger partial charge in [-0.05, 0) is 0 Å². The summed E-state index contributed by atoms with van der Waals surface area (Å²) in [4.78, 5) is 0.418. The summed E-state index contributed by atoms with van der Waals surface area (Å²) in [5.74, 6) is 0. The van der Waals surface area contributed by atoms with Crippen LogP contribution in [-0.2, 0) is 0 Å². The molecule has 0 saturated carbocycles. The zero-order valence-corrected chi connectivity index (χ0v) is 19.7. The molecule has 0 aliphatic heterocycles. The van der Waals surface area contributed by atoms with Gasteiger partial charge in [0.25, 0.3) is 0 Å². The van der Waals surface area contributed by atoms with Gasteiger partial charge in [-0.15, -0.1) is 0 Å². The Labute approximate surface area is 161 Å². The first-order chi connectivity index (χ1) is 12.4. The molecule has 0 nitrogen and oxygen atoms in total. The van der Waals surface area contributed by atoms with Crippen LogP contribution in [0.1, 0.15) is 22.6 Å². The van der Waals surface area contributed by atoms with Crippen molar-refractivity contribution in [1.82, 2.24) is 0 Å². The van der Waals surface area contributed by atoms with Crippen LogP contribution in [0.2, 0.25) is 0 Å². The fourth-order valence-corrected chi connectivity index (χ4v) is 107. The van der Waals surface area contributed by atoms with Crippen molar-refractivity contribution in [2.45, 2.75) is 22.6 Å². The SMILES string of the molecule is C1=CC(p2[te]p(C3C=CC=C3)p(C3C=CC=C3)p2C2C=CC=C2)C=C1. The van der Waals surface area contributed by atoms with Gasteiger partial charge in [0.05, 0.1) is 0 Å². The monoisotopic (exact) mass is 514 g/mol. The summed E-state index contributed by atoms with van der Waals surface area (Å²) in [5.41, 5.74) is 3.13. The maximum absolute atomic E-state index is 2.53. The molecule has 0 amide bonds. The van der Waals surface area contributed by atoms with Crippen molar-refractivity contribution >= 4 is 42.8 Å². The third-order valence-corrected chi connectivity index (χ3v) is 64.8. The van der Waals surface area contributed by atoms with Gasteiger partial charge in [-0.2, -0.15) is 0 Å². The topological polar surface area (TPSA) is 0 Å². The molecule has 4 aliphatic rings. The van der Waals surface area contributed by atoms with Crippen LogP contribution in [0.3, 0.4) is 0 Å². The normalized spacial score (nSPS) is 25.0. The second-order valence-electron chi connectivity index (χ2n) is 6.37. The first kappa shape index (κ1) is 17.0. The Bertz CT molecular complexity index is 817. The zero-order chi connectivity index (χ0) is 16.6. The molecule has 4 atom stereocenters. The van der Waals surface area contributed by atoms with Crippen molar-refractivity contribution in [2.75, 3.05) is 0 Å². The summed E-state index contributed by atoms with van der Waals surface area (Å²) in [5, 5.41) is 0. The molecule has 0 N–H and O–H groups in total. The Hall–Kier alpha value is -0.0904. The van der Waals surface area contributed by atoms with Crippen molar-refractivity contribution in [3.8, 4) is 0 Å². The third-order valence-electron chi connectivity index (χ3n) is 4.74. The number of hydrogen-bond acceptors (Lipinski definition) is 0. The van der Waals surface area contributed by atoms with E-state index in [2.05, 4.69) is 97.2 Å². The van der Waals surface area contributed by atoms with Crippen LogP contribution < -0.4 is 0 Å². The van der Waals surface area contributed by atoms with Crippen molar-refractivity contribution < 1.29 is 0 Å². The van der Waals surface area contributed by atoms with Gasteiger partial charge in [-0.3, -0.25) is 0 Å². The van der Waals surface area contributed by atoms with Crippen LogP contribution in [0.4, 0.5) is 0 Å². The van der Waals surface area contributed by atoms with Gasteiger partial charge in [-0.25, -0.2) is 0 Å². The number of allylic oxidation sites excluding steroid dienone is 16. The number of hydrogen-bond donors (Lipinski definition) is 0. The van der Waals surface area contributed by atoms with Gasteiger partial charge in [0.15, 0.2) is 0 Å². The molecule has 25 heavy (non-hydrogen) atoms. The van der Waals surface area contributed by atoms with Crippen LogP contribution >= 0.6 is 23.5 Å². The second-order valence-corrected chi connectivity index (χ2v) is 37.5. The maximum atomic E-state index is 2.53. The van der Waals surface area contributed by atoms with E-state index in [4.69, 9.17) is 0 Å². The fraction of sp³-hybridized carbons (Fsp3) is 0.200. The minimum atomic E-state index is 0.0946. The van der Waals surface area contributed by atoms with E-state index < -0.39 is 0 Å². The van der Waals surface area contributed by atoms with Crippen molar-refractivity contribution in [3.63, 3.8) is 0 Å². The van der Waals surface area contributed by atoms with Crippen LogP contribution in [0, 0.1) is 0 Å². The molecule has 1 aromatic heterocycles.